The predicted molar refractivity (Wildman–Crippen MR) is 125 cm³/mol. The van der Waals surface area contributed by atoms with Crippen LogP contribution in [0, 0.1) is 19.7 Å². The second-order valence-electron chi connectivity index (χ2n) is 8.22. The van der Waals surface area contributed by atoms with Crippen molar-refractivity contribution in [1.82, 2.24) is 13.7 Å². The topological polar surface area (TPSA) is 48.9 Å². The molecule has 0 radical (unpaired) electrons. The molecule has 0 fully saturated rings. The highest BCUT2D eigenvalue weighted by Crippen LogP contribution is 2.27. The lowest BCUT2D eigenvalue weighted by molar-refractivity contribution is 0.594. The normalized spacial score (nSPS) is 11.5. The van der Waals surface area contributed by atoms with Crippen molar-refractivity contribution in [2.75, 3.05) is 0 Å². The van der Waals surface area contributed by atoms with E-state index in [0.29, 0.717) is 22.3 Å². The summed E-state index contributed by atoms with van der Waals surface area (Å²) in [6.45, 7) is 3.89. The second kappa shape index (κ2) is 7.34. The minimum atomic E-state index is -0.495. The van der Waals surface area contributed by atoms with E-state index in [0.717, 1.165) is 22.0 Å². The third-order valence-corrected chi connectivity index (χ3v) is 5.97. The molecule has 0 aliphatic rings. The van der Waals surface area contributed by atoms with Gasteiger partial charge in [0, 0.05) is 18.0 Å². The van der Waals surface area contributed by atoms with E-state index in [-0.39, 0.29) is 6.54 Å². The van der Waals surface area contributed by atoms with Crippen molar-refractivity contribution in [2.45, 2.75) is 20.4 Å². The number of hydrogen-bond acceptors (Lipinski definition) is 2. The third kappa shape index (κ3) is 2.99. The average molecular weight is 427 g/mol. The van der Waals surface area contributed by atoms with Crippen LogP contribution in [0.25, 0.3) is 27.6 Å². The molecule has 160 valence electrons. The van der Waals surface area contributed by atoms with Gasteiger partial charge in [-0.25, -0.2) is 13.8 Å². The molecule has 3 aromatic carbocycles. The molecule has 0 saturated carbocycles. The number of nitrogens with zero attached hydrogens (tertiary/aromatic N) is 3. The molecule has 0 bridgehead atoms. The molecule has 0 aliphatic carbocycles. The Kier molecular flexibility index (Phi) is 4.59. The van der Waals surface area contributed by atoms with Gasteiger partial charge in [-0.05, 0) is 49.7 Å². The fourth-order valence-electron chi connectivity index (χ4n) is 4.40. The Balaban J connectivity index is 1.97. The van der Waals surface area contributed by atoms with Crippen molar-refractivity contribution >= 4 is 21.9 Å². The lowest BCUT2D eigenvalue weighted by Gasteiger charge is -2.14. The molecule has 0 aliphatic heterocycles. The zero-order valence-electron chi connectivity index (χ0n) is 18.1. The number of fused-ring (bicyclic) bond motifs is 3. The first kappa shape index (κ1) is 20.0. The Morgan fingerprint density at radius 3 is 2.34 bits per heavy atom. The molecule has 5 aromatic rings. The Morgan fingerprint density at radius 2 is 1.59 bits per heavy atom. The molecule has 5 nitrogen and oxygen atoms in total. The Hall–Kier alpha value is -3.93. The predicted octanol–water partition coefficient (Wildman–Crippen LogP) is 4.45. The summed E-state index contributed by atoms with van der Waals surface area (Å²) in [5.74, 6) is -0.391. The van der Waals surface area contributed by atoms with Crippen LogP contribution in [0.15, 0.2) is 76.3 Å². The molecule has 0 spiro atoms. The minimum Gasteiger partial charge on any atom is -0.338 e. The number of aromatic nitrogens is 3. The highest BCUT2D eigenvalue weighted by molar-refractivity contribution is 6.06. The van der Waals surface area contributed by atoms with E-state index in [9.17, 15) is 14.0 Å². The zero-order valence-corrected chi connectivity index (χ0v) is 18.1. The summed E-state index contributed by atoms with van der Waals surface area (Å²) < 4.78 is 19.1. The van der Waals surface area contributed by atoms with Crippen LogP contribution < -0.4 is 11.2 Å². The second-order valence-corrected chi connectivity index (χ2v) is 8.22. The van der Waals surface area contributed by atoms with Gasteiger partial charge in [0.05, 0.1) is 23.3 Å². The van der Waals surface area contributed by atoms with Gasteiger partial charge < -0.3 is 4.57 Å². The lowest BCUT2D eigenvalue weighted by Crippen LogP contribution is -2.39. The van der Waals surface area contributed by atoms with Crippen molar-refractivity contribution in [3.05, 3.63) is 110 Å². The molecule has 5 rings (SSSR count). The average Bonchev–Trinajstić information content (AvgIpc) is 3.04. The maximum atomic E-state index is 14.6. The standard InChI is InChI=1S/C26H22FN3O2/c1-16-7-6-9-19(13-16)30-25(31)24-23(20-14-17(2)11-12-22(20)28(24)3)29(26(30)32)15-18-8-4-5-10-21(18)27/h4-14H,15H2,1-3H3. The van der Waals surface area contributed by atoms with Crippen LogP contribution in [-0.2, 0) is 13.6 Å². The van der Waals surface area contributed by atoms with Crippen LogP contribution in [0.5, 0.6) is 0 Å². The van der Waals surface area contributed by atoms with Gasteiger partial charge in [-0.15, -0.1) is 0 Å². The summed E-state index contributed by atoms with van der Waals surface area (Å²) in [5, 5.41) is 0.796. The Bertz CT molecular complexity index is 1640. The van der Waals surface area contributed by atoms with Gasteiger partial charge in [0.25, 0.3) is 5.56 Å². The zero-order chi connectivity index (χ0) is 22.6. The molecule has 0 saturated heterocycles. The Labute approximate surface area is 183 Å². The van der Waals surface area contributed by atoms with Gasteiger partial charge in [-0.1, -0.05) is 42.0 Å². The first-order chi connectivity index (χ1) is 15.4. The number of hydrogen-bond donors (Lipinski definition) is 0. The summed E-state index contributed by atoms with van der Waals surface area (Å²) in [5.41, 5.74) is 3.70. The van der Waals surface area contributed by atoms with E-state index in [1.807, 2.05) is 55.8 Å². The van der Waals surface area contributed by atoms with Crippen molar-refractivity contribution < 1.29 is 4.39 Å². The highest BCUT2D eigenvalue weighted by atomic mass is 19.1. The van der Waals surface area contributed by atoms with Gasteiger partial charge in [0.2, 0.25) is 0 Å². The van der Waals surface area contributed by atoms with Gasteiger partial charge in [0.15, 0.2) is 0 Å². The van der Waals surface area contributed by atoms with Crippen molar-refractivity contribution in [1.29, 1.82) is 0 Å². The maximum Gasteiger partial charge on any atom is 0.336 e. The van der Waals surface area contributed by atoms with E-state index >= 15 is 0 Å². The van der Waals surface area contributed by atoms with Crippen LogP contribution in [0.2, 0.25) is 0 Å². The molecule has 2 heterocycles. The summed E-state index contributed by atoms with van der Waals surface area (Å²) >= 11 is 0. The monoisotopic (exact) mass is 427 g/mol. The molecule has 6 heteroatoms. The molecule has 0 N–H and O–H groups in total. The number of halogens is 1. The summed E-state index contributed by atoms with van der Waals surface area (Å²) in [7, 11) is 1.82. The van der Waals surface area contributed by atoms with Crippen LogP contribution in [0.4, 0.5) is 4.39 Å². The SMILES string of the molecule is Cc1cccc(-n2c(=O)c3c(c4cc(C)ccc4n3C)n(Cc3ccccc3F)c2=O)c1. The molecule has 0 unspecified atom stereocenters. The van der Waals surface area contributed by atoms with Crippen LogP contribution in [0.3, 0.4) is 0 Å². The van der Waals surface area contributed by atoms with Crippen LogP contribution >= 0.6 is 0 Å². The summed E-state index contributed by atoms with van der Waals surface area (Å²) in [6, 6.07) is 19.5. The van der Waals surface area contributed by atoms with Crippen molar-refractivity contribution in [3.63, 3.8) is 0 Å². The molecule has 2 aromatic heterocycles. The maximum absolute atomic E-state index is 14.6. The fraction of sp³-hybridized carbons (Fsp3) is 0.154. The van der Waals surface area contributed by atoms with E-state index in [1.165, 1.54) is 15.2 Å². The minimum absolute atomic E-state index is 0.0150. The molecule has 32 heavy (non-hydrogen) atoms. The lowest BCUT2D eigenvalue weighted by atomic mass is 10.1. The largest absolute Gasteiger partial charge is 0.338 e. The van der Waals surface area contributed by atoms with E-state index in [4.69, 9.17) is 0 Å². The van der Waals surface area contributed by atoms with E-state index < -0.39 is 17.1 Å². The fourth-order valence-corrected chi connectivity index (χ4v) is 4.40. The number of benzene rings is 3. The molecular formula is C26H22FN3O2. The van der Waals surface area contributed by atoms with Crippen LogP contribution in [-0.4, -0.2) is 13.7 Å². The summed E-state index contributed by atoms with van der Waals surface area (Å²) in [6.07, 6.45) is 0. The van der Waals surface area contributed by atoms with Gasteiger partial charge in [-0.3, -0.25) is 9.36 Å². The smallest absolute Gasteiger partial charge is 0.336 e. The first-order valence-corrected chi connectivity index (χ1v) is 10.4. The van der Waals surface area contributed by atoms with Gasteiger partial charge in [-0.2, -0.15) is 0 Å². The Morgan fingerprint density at radius 1 is 0.844 bits per heavy atom. The van der Waals surface area contributed by atoms with Crippen molar-refractivity contribution in [2.24, 2.45) is 7.05 Å². The first-order valence-electron chi connectivity index (χ1n) is 10.4. The molecule has 0 amide bonds. The van der Waals surface area contributed by atoms with Gasteiger partial charge >= 0.3 is 5.69 Å². The highest BCUT2D eigenvalue weighted by Gasteiger charge is 2.22. The van der Waals surface area contributed by atoms with Crippen molar-refractivity contribution in [3.8, 4) is 5.69 Å². The number of aryl methyl sites for hydroxylation is 3. The molecule has 0 atom stereocenters. The summed E-state index contributed by atoms with van der Waals surface area (Å²) in [4.78, 5) is 27.4. The van der Waals surface area contributed by atoms with E-state index in [2.05, 4.69) is 0 Å². The van der Waals surface area contributed by atoms with Crippen LogP contribution in [0.1, 0.15) is 16.7 Å². The number of rotatable bonds is 3. The van der Waals surface area contributed by atoms with Gasteiger partial charge in [0.1, 0.15) is 11.3 Å². The molecular weight excluding hydrogens is 405 g/mol. The third-order valence-electron chi connectivity index (χ3n) is 5.97. The quantitative estimate of drug-likeness (QED) is 0.427. The van der Waals surface area contributed by atoms with E-state index in [1.54, 1.807) is 30.3 Å².